The molecule has 2 aliphatic rings. The van der Waals surface area contributed by atoms with E-state index in [-0.39, 0.29) is 11.9 Å². The standard InChI is InChI=1S/C25H31N3O/c1-18-7-11-21(12-8-18)23-16-24(22-13-9-19(2)10-14-22)28(26-23)25(29)17-27-15-5-4-6-20(27)3/h7-14,20,24H,4-6,15-17H2,1-3H3. The monoisotopic (exact) mass is 389 g/mol. The van der Waals surface area contributed by atoms with E-state index in [1.54, 1.807) is 5.01 Å². The normalized spacial score (nSPS) is 22.6. The highest BCUT2D eigenvalue weighted by Gasteiger charge is 2.34. The summed E-state index contributed by atoms with van der Waals surface area (Å²) in [6.07, 6.45) is 4.37. The SMILES string of the molecule is Cc1ccc(C2=NN(C(=O)CN3CCCCC3C)C(c3ccc(C)cc3)C2)cc1. The van der Waals surface area contributed by atoms with Crippen LogP contribution in [0.3, 0.4) is 0 Å². The number of likely N-dealkylation sites (tertiary alicyclic amines) is 1. The Labute approximate surface area is 174 Å². The number of hydrogen-bond donors (Lipinski definition) is 0. The zero-order chi connectivity index (χ0) is 20.4. The molecule has 1 amide bonds. The van der Waals surface area contributed by atoms with Crippen molar-refractivity contribution in [1.29, 1.82) is 0 Å². The second-order valence-electron chi connectivity index (χ2n) is 8.60. The van der Waals surface area contributed by atoms with Crippen molar-refractivity contribution < 1.29 is 4.79 Å². The summed E-state index contributed by atoms with van der Waals surface area (Å²) in [5.74, 6) is 0.103. The van der Waals surface area contributed by atoms with Crippen molar-refractivity contribution in [3.8, 4) is 0 Å². The van der Waals surface area contributed by atoms with Crippen LogP contribution in [0, 0.1) is 13.8 Å². The van der Waals surface area contributed by atoms with Gasteiger partial charge in [-0.3, -0.25) is 9.69 Å². The second-order valence-corrected chi connectivity index (χ2v) is 8.60. The molecule has 0 spiro atoms. The molecule has 1 fully saturated rings. The Balaban J connectivity index is 1.60. The van der Waals surface area contributed by atoms with Crippen molar-refractivity contribution in [3.63, 3.8) is 0 Å². The fourth-order valence-corrected chi connectivity index (χ4v) is 4.35. The molecule has 4 heteroatoms. The topological polar surface area (TPSA) is 35.9 Å². The van der Waals surface area contributed by atoms with Crippen LogP contribution in [0.1, 0.15) is 60.9 Å². The molecule has 4 rings (SSSR count). The largest absolute Gasteiger partial charge is 0.292 e. The zero-order valence-corrected chi connectivity index (χ0v) is 17.8. The van der Waals surface area contributed by atoms with Gasteiger partial charge in [0, 0.05) is 12.5 Å². The number of aryl methyl sites for hydroxylation is 2. The van der Waals surface area contributed by atoms with Crippen molar-refractivity contribution in [1.82, 2.24) is 9.91 Å². The molecule has 0 aromatic heterocycles. The van der Waals surface area contributed by atoms with E-state index < -0.39 is 0 Å². The molecule has 29 heavy (non-hydrogen) atoms. The van der Waals surface area contributed by atoms with E-state index in [9.17, 15) is 4.79 Å². The van der Waals surface area contributed by atoms with Gasteiger partial charge in [-0.2, -0.15) is 5.10 Å². The first kappa shape index (κ1) is 19.8. The van der Waals surface area contributed by atoms with E-state index in [1.807, 2.05) is 0 Å². The van der Waals surface area contributed by atoms with Crippen molar-refractivity contribution in [2.45, 2.75) is 58.5 Å². The molecular weight excluding hydrogens is 358 g/mol. The lowest BCUT2D eigenvalue weighted by molar-refractivity contribution is -0.135. The molecule has 0 bridgehead atoms. The first-order valence-electron chi connectivity index (χ1n) is 10.8. The Morgan fingerprint density at radius 1 is 1.00 bits per heavy atom. The van der Waals surface area contributed by atoms with Gasteiger partial charge < -0.3 is 0 Å². The van der Waals surface area contributed by atoms with Gasteiger partial charge in [-0.1, -0.05) is 66.1 Å². The second kappa shape index (κ2) is 8.50. The maximum absolute atomic E-state index is 13.3. The van der Waals surface area contributed by atoms with Gasteiger partial charge in [0.15, 0.2) is 0 Å². The maximum Gasteiger partial charge on any atom is 0.257 e. The molecule has 0 saturated carbocycles. The van der Waals surface area contributed by atoms with Gasteiger partial charge >= 0.3 is 0 Å². The molecular formula is C25H31N3O. The van der Waals surface area contributed by atoms with Crippen LogP contribution in [-0.2, 0) is 4.79 Å². The number of benzene rings is 2. The third-order valence-corrected chi connectivity index (χ3v) is 6.29. The van der Waals surface area contributed by atoms with Crippen molar-refractivity contribution >= 4 is 11.6 Å². The number of amides is 1. The van der Waals surface area contributed by atoms with Gasteiger partial charge in [0.05, 0.1) is 18.3 Å². The number of carbonyl (C=O) groups is 1. The fraction of sp³-hybridized carbons (Fsp3) is 0.440. The van der Waals surface area contributed by atoms with E-state index in [4.69, 9.17) is 5.10 Å². The van der Waals surface area contributed by atoms with Crippen molar-refractivity contribution in [2.24, 2.45) is 5.10 Å². The first-order valence-corrected chi connectivity index (χ1v) is 10.8. The summed E-state index contributed by atoms with van der Waals surface area (Å²) < 4.78 is 0. The van der Waals surface area contributed by atoms with Crippen LogP contribution in [0.25, 0.3) is 0 Å². The number of nitrogens with zero attached hydrogens (tertiary/aromatic N) is 3. The first-order chi connectivity index (χ1) is 14.0. The van der Waals surface area contributed by atoms with Gasteiger partial charge in [-0.15, -0.1) is 0 Å². The third-order valence-electron chi connectivity index (χ3n) is 6.29. The zero-order valence-electron chi connectivity index (χ0n) is 17.8. The van der Waals surface area contributed by atoms with Gasteiger partial charge in [-0.05, 0) is 51.3 Å². The molecule has 0 aliphatic carbocycles. The quantitative estimate of drug-likeness (QED) is 0.749. The average Bonchev–Trinajstić information content (AvgIpc) is 3.16. The highest BCUT2D eigenvalue weighted by molar-refractivity contribution is 6.03. The summed E-state index contributed by atoms with van der Waals surface area (Å²) in [6, 6.07) is 17.4. The molecule has 0 N–H and O–H groups in total. The van der Waals surface area contributed by atoms with Crippen molar-refractivity contribution in [3.05, 3.63) is 70.8 Å². The number of hydrogen-bond acceptors (Lipinski definition) is 3. The summed E-state index contributed by atoms with van der Waals surface area (Å²) in [5, 5.41) is 6.58. The lowest BCUT2D eigenvalue weighted by atomic mass is 9.97. The fourth-order valence-electron chi connectivity index (χ4n) is 4.35. The van der Waals surface area contributed by atoms with E-state index in [0.717, 1.165) is 29.8 Å². The van der Waals surface area contributed by atoms with Gasteiger partial charge in [0.2, 0.25) is 0 Å². The molecule has 2 unspecified atom stereocenters. The molecule has 0 radical (unpaired) electrons. The van der Waals surface area contributed by atoms with Gasteiger partial charge in [0.1, 0.15) is 0 Å². The Morgan fingerprint density at radius 2 is 1.66 bits per heavy atom. The molecule has 2 heterocycles. The van der Waals surface area contributed by atoms with Crippen LogP contribution in [0.2, 0.25) is 0 Å². The van der Waals surface area contributed by atoms with E-state index in [1.165, 1.54) is 30.4 Å². The van der Waals surface area contributed by atoms with Crippen LogP contribution in [0.5, 0.6) is 0 Å². The van der Waals surface area contributed by atoms with Crippen LogP contribution >= 0.6 is 0 Å². The Kier molecular flexibility index (Phi) is 5.81. The van der Waals surface area contributed by atoms with E-state index in [2.05, 4.69) is 74.2 Å². The lowest BCUT2D eigenvalue weighted by Crippen LogP contribution is -2.44. The number of hydrazone groups is 1. The summed E-state index contributed by atoms with van der Waals surface area (Å²) in [5.41, 5.74) is 5.72. The lowest BCUT2D eigenvalue weighted by Gasteiger charge is -2.34. The summed E-state index contributed by atoms with van der Waals surface area (Å²) in [6.45, 7) is 7.87. The third kappa shape index (κ3) is 4.43. The molecule has 2 aromatic rings. The van der Waals surface area contributed by atoms with Crippen molar-refractivity contribution in [2.75, 3.05) is 13.1 Å². The van der Waals surface area contributed by atoms with Crippen LogP contribution in [-0.4, -0.2) is 40.7 Å². The van der Waals surface area contributed by atoms with E-state index in [0.29, 0.717) is 12.6 Å². The minimum atomic E-state index is -0.0282. The van der Waals surface area contributed by atoms with Crippen LogP contribution in [0.15, 0.2) is 53.6 Å². The smallest absolute Gasteiger partial charge is 0.257 e. The minimum Gasteiger partial charge on any atom is -0.292 e. The van der Waals surface area contributed by atoms with Crippen LogP contribution in [0.4, 0.5) is 0 Å². The molecule has 2 atom stereocenters. The summed E-state index contributed by atoms with van der Waals surface area (Å²) in [7, 11) is 0. The van der Waals surface area contributed by atoms with Gasteiger partial charge in [0.25, 0.3) is 5.91 Å². The molecule has 2 aliphatic heterocycles. The average molecular weight is 390 g/mol. The number of carbonyl (C=O) groups excluding carboxylic acids is 1. The van der Waals surface area contributed by atoms with Gasteiger partial charge in [-0.25, -0.2) is 5.01 Å². The molecule has 2 aromatic carbocycles. The molecule has 152 valence electrons. The summed E-state index contributed by atoms with van der Waals surface area (Å²) >= 11 is 0. The molecule has 4 nitrogen and oxygen atoms in total. The van der Waals surface area contributed by atoms with Crippen LogP contribution < -0.4 is 0 Å². The molecule has 1 saturated heterocycles. The predicted octanol–water partition coefficient (Wildman–Crippen LogP) is 4.86. The Hall–Kier alpha value is -2.46. The minimum absolute atomic E-state index is 0.0282. The number of piperidine rings is 1. The summed E-state index contributed by atoms with van der Waals surface area (Å²) in [4.78, 5) is 15.6. The Bertz CT molecular complexity index is 885. The highest BCUT2D eigenvalue weighted by atomic mass is 16.2. The predicted molar refractivity (Wildman–Crippen MR) is 118 cm³/mol. The maximum atomic E-state index is 13.3. The number of rotatable bonds is 4. The highest BCUT2D eigenvalue weighted by Crippen LogP contribution is 2.33. The Morgan fingerprint density at radius 3 is 2.31 bits per heavy atom. The van der Waals surface area contributed by atoms with E-state index >= 15 is 0 Å².